The van der Waals surface area contributed by atoms with Crippen molar-refractivity contribution in [2.24, 2.45) is 7.05 Å². The summed E-state index contributed by atoms with van der Waals surface area (Å²) < 4.78 is 23.5. The zero-order valence-corrected chi connectivity index (χ0v) is 9.48. The molecule has 1 rings (SSSR count). The molecule has 0 spiro atoms. The first kappa shape index (κ1) is 12.4. The average molecular weight is 246 g/mol. The summed E-state index contributed by atoms with van der Waals surface area (Å²) >= 11 is 0. The Bertz CT molecular complexity index is 543. The lowest BCUT2D eigenvalue weighted by molar-refractivity contribution is 0.0689. The van der Waals surface area contributed by atoms with Crippen molar-refractivity contribution in [3.8, 4) is 0 Å². The van der Waals surface area contributed by atoms with Crippen molar-refractivity contribution in [1.82, 2.24) is 9.78 Å². The van der Waals surface area contributed by atoms with E-state index in [1.807, 2.05) is 0 Å². The zero-order chi connectivity index (χ0) is 12.5. The third-order valence-corrected chi connectivity index (χ3v) is 3.50. The van der Waals surface area contributed by atoms with Gasteiger partial charge in [0.15, 0.2) is 5.69 Å². The maximum absolute atomic E-state index is 11.5. The molecule has 0 amide bonds. The van der Waals surface area contributed by atoms with Gasteiger partial charge in [-0.2, -0.15) is 5.10 Å². The summed E-state index contributed by atoms with van der Waals surface area (Å²) in [5.41, 5.74) is -0.614. The second kappa shape index (κ2) is 4.05. The Morgan fingerprint density at radius 3 is 2.44 bits per heavy atom. The van der Waals surface area contributed by atoms with Crippen LogP contribution in [0.2, 0.25) is 0 Å². The van der Waals surface area contributed by atoms with Crippen molar-refractivity contribution in [3.63, 3.8) is 0 Å². The Balaban J connectivity index is 3.25. The number of aryl methyl sites for hydroxylation is 1. The average Bonchev–Trinajstić information content (AvgIpc) is 2.59. The highest BCUT2D eigenvalue weighted by atomic mass is 32.2. The van der Waals surface area contributed by atoms with Gasteiger partial charge in [0.25, 0.3) is 5.12 Å². The first-order valence-corrected chi connectivity index (χ1v) is 5.99. The predicted octanol–water partition coefficient (Wildman–Crippen LogP) is -0.307. The van der Waals surface area contributed by atoms with E-state index in [9.17, 15) is 18.0 Å². The van der Waals surface area contributed by atoms with Crippen molar-refractivity contribution in [2.75, 3.05) is 5.75 Å². The normalized spacial score (nSPS) is 11.4. The highest BCUT2D eigenvalue weighted by Gasteiger charge is 2.26. The topological polar surface area (TPSA) is 106 Å². The molecule has 0 unspecified atom stereocenters. The molecule has 0 atom stereocenters. The van der Waals surface area contributed by atoms with E-state index in [1.165, 1.54) is 14.0 Å². The SMILES string of the molecule is CCS(=O)(=O)C(=O)c1cc(C(=O)O)nn1C. The van der Waals surface area contributed by atoms with Crippen LogP contribution in [0.4, 0.5) is 0 Å². The molecule has 0 bridgehead atoms. The number of hydrogen-bond donors (Lipinski definition) is 1. The summed E-state index contributed by atoms with van der Waals surface area (Å²) in [4.78, 5) is 22.1. The summed E-state index contributed by atoms with van der Waals surface area (Å²) in [5.74, 6) is -1.65. The molecule has 0 radical (unpaired) electrons. The summed E-state index contributed by atoms with van der Waals surface area (Å²) in [6, 6.07) is 0.942. The van der Waals surface area contributed by atoms with E-state index < -0.39 is 20.9 Å². The Morgan fingerprint density at radius 1 is 1.50 bits per heavy atom. The molecule has 1 heterocycles. The first-order chi connectivity index (χ1) is 7.29. The third kappa shape index (κ3) is 2.11. The van der Waals surface area contributed by atoms with Crippen LogP contribution in [0.15, 0.2) is 6.07 Å². The first-order valence-electron chi connectivity index (χ1n) is 4.34. The van der Waals surface area contributed by atoms with Gasteiger partial charge < -0.3 is 5.11 Å². The number of sulfone groups is 1. The van der Waals surface area contributed by atoms with Crippen LogP contribution in [-0.2, 0) is 16.9 Å². The van der Waals surface area contributed by atoms with Crippen LogP contribution in [0, 0.1) is 0 Å². The predicted molar refractivity (Wildman–Crippen MR) is 54.0 cm³/mol. The van der Waals surface area contributed by atoms with Crippen molar-refractivity contribution < 1.29 is 23.1 Å². The molecule has 1 aromatic rings. The molecule has 16 heavy (non-hydrogen) atoms. The molecule has 0 aromatic carbocycles. The van der Waals surface area contributed by atoms with Crippen LogP contribution >= 0.6 is 0 Å². The van der Waals surface area contributed by atoms with E-state index in [-0.39, 0.29) is 17.1 Å². The smallest absolute Gasteiger partial charge is 0.356 e. The number of aromatic nitrogens is 2. The molecular weight excluding hydrogens is 236 g/mol. The van der Waals surface area contributed by atoms with Crippen molar-refractivity contribution in [3.05, 3.63) is 17.5 Å². The summed E-state index contributed by atoms with van der Waals surface area (Å²) in [5, 5.41) is 11.0. The van der Waals surface area contributed by atoms with Gasteiger partial charge in [-0.1, -0.05) is 6.92 Å². The highest BCUT2D eigenvalue weighted by Crippen LogP contribution is 2.08. The molecule has 1 aromatic heterocycles. The minimum Gasteiger partial charge on any atom is -0.476 e. The second-order valence-electron chi connectivity index (χ2n) is 3.03. The molecule has 0 aliphatic rings. The number of aromatic carboxylic acids is 1. The van der Waals surface area contributed by atoms with Crippen LogP contribution in [0.5, 0.6) is 0 Å². The van der Waals surface area contributed by atoms with Crippen molar-refractivity contribution in [2.45, 2.75) is 6.92 Å². The van der Waals surface area contributed by atoms with E-state index in [0.29, 0.717) is 0 Å². The lowest BCUT2D eigenvalue weighted by Crippen LogP contribution is -2.19. The summed E-state index contributed by atoms with van der Waals surface area (Å²) in [7, 11) is -2.57. The molecule has 0 saturated heterocycles. The van der Waals surface area contributed by atoms with Crippen LogP contribution in [0.3, 0.4) is 0 Å². The Hall–Kier alpha value is -1.70. The maximum atomic E-state index is 11.5. The van der Waals surface area contributed by atoms with Crippen LogP contribution in [0.25, 0.3) is 0 Å². The molecule has 0 fully saturated rings. The minimum atomic E-state index is -3.88. The number of hydrogen-bond acceptors (Lipinski definition) is 5. The number of carbonyl (C=O) groups is 2. The van der Waals surface area contributed by atoms with Crippen molar-refractivity contribution in [1.29, 1.82) is 0 Å². The summed E-state index contributed by atoms with van der Waals surface area (Å²) in [6.45, 7) is 1.34. The number of rotatable bonds is 3. The minimum absolute atomic E-state index is 0.251. The van der Waals surface area contributed by atoms with Gasteiger partial charge in [0.1, 0.15) is 5.69 Å². The van der Waals surface area contributed by atoms with E-state index in [1.54, 1.807) is 0 Å². The highest BCUT2D eigenvalue weighted by molar-refractivity contribution is 8.06. The fourth-order valence-corrected chi connectivity index (χ4v) is 1.83. The van der Waals surface area contributed by atoms with Gasteiger partial charge in [-0.15, -0.1) is 0 Å². The van der Waals surface area contributed by atoms with Crippen molar-refractivity contribution >= 4 is 20.9 Å². The van der Waals surface area contributed by atoms with Crippen LogP contribution in [0.1, 0.15) is 27.9 Å². The molecule has 0 aliphatic carbocycles. The molecule has 8 heteroatoms. The van der Waals surface area contributed by atoms with Crippen LogP contribution in [-0.4, -0.2) is 40.1 Å². The number of nitrogens with zero attached hydrogens (tertiary/aromatic N) is 2. The van der Waals surface area contributed by atoms with Gasteiger partial charge in [0.05, 0.1) is 5.75 Å². The Morgan fingerprint density at radius 2 is 2.06 bits per heavy atom. The summed E-state index contributed by atoms with van der Waals surface area (Å²) in [6.07, 6.45) is 0. The number of carboxylic acids is 1. The maximum Gasteiger partial charge on any atom is 0.356 e. The van der Waals surface area contributed by atoms with Gasteiger partial charge in [0, 0.05) is 13.1 Å². The van der Waals surface area contributed by atoms with E-state index in [2.05, 4.69) is 5.10 Å². The number of carboxylic acid groups (broad SMARTS) is 1. The van der Waals surface area contributed by atoms with Gasteiger partial charge >= 0.3 is 5.97 Å². The largest absolute Gasteiger partial charge is 0.476 e. The van der Waals surface area contributed by atoms with E-state index in [0.717, 1.165) is 10.7 Å². The van der Waals surface area contributed by atoms with E-state index in [4.69, 9.17) is 5.11 Å². The molecule has 1 N–H and O–H groups in total. The third-order valence-electron chi connectivity index (χ3n) is 1.97. The Kier molecular flexibility index (Phi) is 3.13. The van der Waals surface area contributed by atoms with Gasteiger partial charge in [-0.25, -0.2) is 13.2 Å². The van der Waals surface area contributed by atoms with Crippen LogP contribution < -0.4 is 0 Å². The molecule has 7 nitrogen and oxygen atoms in total. The molecule has 0 aliphatic heterocycles. The molecule has 0 saturated carbocycles. The van der Waals surface area contributed by atoms with Gasteiger partial charge in [-0.05, 0) is 0 Å². The van der Waals surface area contributed by atoms with Gasteiger partial charge in [0.2, 0.25) is 9.84 Å². The fraction of sp³-hybridized carbons (Fsp3) is 0.375. The fourth-order valence-electron chi connectivity index (χ4n) is 1.05. The lowest BCUT2D eigenvalue weighted by atomic mass is 10.4. The Labute approximate surface area is 91.6 Å². The van der Waals surface area contributed by atoms with E-state index >= 15 is 0 Å². The standard InChI is InChI=1S/C8H10N2O5S/c1-3-16(14,15)8(13)6-4-5(7(11)12)9-10(6)2/h4H,3H2,1-2H3,(H,11,12). The second-order valence-corrected chi connectivity index (χ2v) is 5.21. The molecule has 88 valence electrons. The number of carbonyl (C=O) groups excluding carboxylic acids is 1. The monoisotopic (exact) mass is 246 g/mol. The molecular formula is C8H10N2O5S. The lowest BCUT2D eigenvalue weighted by Gasteiger charge is -1.99. The zero-order valence-electron chi connectivity index (χ0n) is 8.67. The van der Waals surface area contributed by atoms with Gasteiger partial charge in [-0.3, -0.25) is 9.48 Å². The quantitative estimate of drug-likeness (QED) is 0.784.